The molecule has 0 atom stereocenters. The Labute approximate surface area is 84.8 Å². The Morgan fingerprint density at radius 3 is 2.36 bits per heavy atom. The molecule has 14 heavy (non-hydrogen) atoms. The van der Waals surface area contributed by atoms with Crippen molar-refractivity contribution in [3.63, 3.8) is 0 Å². The minimum Gasteiger partial charge on any atom is -0.256 e. The van der Waals surface area contributed by atoms with E-state index in [9.17, 15) is 0 Å². The van der Waals surface area contributed by atoms with Crippen LogP contribution < -0.4 is 0 Å². The van der Waals surface area contributed by atoms with Crippen molar-refractivity contribution in [3.05, 3.63) is 67.3 Å². The van der Waals surface area contributed by atoms with Gasteiger partial charge in [0.1, 0.15) is 0 Å². The molecule has 0 aliphatic carbocycles. The first-order valence-corrected chi connectivity index (χ1v) is 4.41. The normalized spacial score (nSPS) is 11.6. The quantitative estimate of drug-likeness (QED) is 0.500. The highest BCUT2D eigenvalue weighted by molar-refractivity contribution is 5.79. The Balaban J connectivity index is 3.01. The standard InChI is InChI=1S/C13H13N/c1-3-8-13(14-11-4-2)12-9-6-5-7-10-12/h3-11H,1-2H2/b13-8-,14-11-. The largest absolute Gasteiger partial charge is 0.256 e. The lowest BCUT2D eigenvalue weighted by Gasteiger charge is -1.99. The van der Waals surface area contributed by atoms with Gasteiger partial charge in [-0.25, -0.2) is 0 Å². The Kier molecular flexibility index (Phi) is 4.15. The monoisotopic (exact) mass is 183 g/mol. The molecule has 0 N–H and O–H groups in total. The first kappa shape index (κ1) is 10.2. The van der Waals surface area contributed by atoms with E-state index in [2.05, 4.69) is 18.2 Å². The Morgan fingerprint density at radius 1 is 1.07 bits per heavy atom. The molecule has 70 valence electrons. The summed E-state index contributed by atoms with van der Waals surface area (Å²) >= 11 is 0. The van der Waals surface area contributed by atoms with Crippen LogP contribution in [-0.4, -0.2) is 6.21 Å². The molecule has 0 heterocycles. The van der Waals surface area contributed by atoms with Crippen LogP contribution in [0.3, 0.4) is 0 Å². The van der Waals surface area contributed by atoms with Gasteiger partial charge in [-0.1, -0.05) is 55.6 Å². The van der Waals surface area contributed by atoms with E-state index >= 15 is 0 Å². The van der Waals surface area contributed by atoms with E-state index in [0.29, 0.717) is 0 Å². The van der Waals surface area contributed by atoms with Crippen LogP contribution in [0.5, 0.6) is 0 Å². The van der Waals surface area contributed by atoms with Crippen molar-refractivity contribution in [3.8, 4) is 0 Å². The van der Waals surface area contributed by atoms with Crippen LogP contribution in [0.15, 0.2) is 66.7 Å². The molecule has 1 heteroatoms. The van der Waals surface area contributed by atoms with Gasteiger partial charge in [0, 0.05) is 11.8 Å². The number of hydrogen-bond donors (Lipinski definition) is 0. The lowest BCUT2D eigenvalue weighted by atomic mass is 10.1. The summed E-state index contributed by atoms with van der Waals surface area (Å²) in [5, 5.41) is 0. The number of aliphatic imine (C=N–C) groups is 1. The lowest BCUT2D eigenvalue weighted by Crippen LogP contribution is -1.80. The fourth-order valence-electron chi connectivity index (χ4n) is 1.07. The molecule has 0 unspecified atom stereocenters. The average molecular weight is 183 g/mol. The highest BCUT2D eigenvalue weighted by atomic mass is 14.7. The van der Waals surface area contributed by atoms with E-state index < -0.39 is 0 Å². The van der Waals surface area contributed by atoms with Gasteiger partial charge in [-0.15, -0.1) is 0 Å². The van der Waals surface area contributed by atoms with E-state index in [1.54, 1.807) is 18.4 Å². The van der Waals surface area contributed by atoms with E-state index in [-0.39, 0.29) is 0 Å². The zero-order chi connectivity index (χ0) is 10.2. The molecule has 0 amide bonds. The van der Waals surface area contributed by atoms with Crippen LogP contribution >= 0.6 is 0 Å². The second-order valence-electron chi connectivity index (χ2n) is 2.67. The number of rotatable bonds is 4. The van der Waals surface area contributed by atoms with Crippen molar-refractivity contribution in [1.29, 1.82) is 0 Å². The molecule has 1 aromatic carbocycles. The van der Waals surface area contributed by atoms with Crippen molar-refractivity contribution in [1.82, 2.24) is 0 Å². The van der Waals surface area contributed by atoms with Crippen molar-refractivity contribution in [2.45, 2.75) is 0 Å². The molecule has 1 nitrogen and oxygen atoms in total. The van der Waals surface area contributed by atoms with Crippen molar-refractivity contribution in [2.24, 2.45) is 4.99 Å². The zero-order valence-electron chi connectivity index (χ0n) is 8.06. The average Bonchev–Trinajstić information content (AvgIpc) is 2.25. The van der Waals surface area contributed by atoms with E-state index in [1.807, 2.05) is 36.4 Å². The minimum atomic E-state index is 0.889. The van der Waals surface area contributed by atoms with Crippen LogP contribution in [0.4, 0.5) is 0 Å². The van der Waals surface area contributed by atoms with Gasteiger partial charge in [0.15, 0.2) is 0 Å². The SMILES string of the molecule is C=C/C=N\C(=C/C=C)c1ccccc1. The second-order valence-corrected chi connectivity index (χ2v) is 2.67. The third-order valence-corrected chi connectivity index (χ3v) is 1.66. The van der Waals surface area contributed by atoms with Gasteiger partial charge in [-0.2, -0.15) is 0 Å². The third kappa shape index (κ3) is 2.87. The molecule has 0 aliphatic rings. The van der Waals surface area contributed by atoms with Crippen molar-refractivity contribution >= 4 is 11.9 Å². The summed E-state index contributed by atoms with van der Waals surface area (Å²) in [7, 11) is 0. The number of nitrogens with zero attached hydrogens (tertiary/aromatic N) is 1. The molecule has 0 fully saturated rings. The fourth-order valence-corrected chi connectivity index (χ4v) is 1.07. The van der Waals surface area contributed by atoms with Crippen LogP contribution in [-0.2, 0) is 0 Å². The molecule has 1 aromatic rings. The van der Waals surface area contributed by atoms with Gasteiger partial charge < -0.3 is 0 Å². The summed E-state index contributed by atoms with van der Waals surface area (Å²) in [5.41, 5.74) is 1.96. The maximum absolute atomic E-state index is 4.25. The number of allylic oxidation sites excluding steroid dienone is 3. The molecular formula is C13H13N. The Bertz CT molecular complexity index is 358. The summed E-state index contributed by atoms with van der Waals surface area (Å²) in [6, 6.07) is 9.96. The maximum atomic E-state index is 4.25. The molecule has 0 bridgehead atoms. The number of benzene rings is 1. The fraction of sp³-hybridized carbons (Fsp3) is 0. The van der Waals surface area contributed by atoms with Gasteiger partial charge in [0.25, 0.3) is 0 Å². The van der Waals surface area contributed by atoms with Gasteiger partial charge in [0.05, 0.1) is 5.70 Å². The maximum Gasteiger partial charge on any atom is 0.0701 e. The summed E-state index contributed by atoms with van der Waals surface area (Å²) in [4.78, 5) is 4.25. The first-order chi connectivity index (χ1) is 6.88. The Morgan fingerprint density at radius 2 is 1.79 bits per heavy atom. The van der Waals surface area contributed by atoms with Gasteiger partial charge in [0.2, 0.25) is 0 Å². The van der Waals surface area contributed by atoms with Crippen LogP contribution in [0.1, 0.15) is 5.56 Å². The van der Waals surface area contributed by atoms with E-state index in [0.717, 1.165) is 11.3 Å². The first-order valence-electron chi connectivity index (χ1n) is 4.41. The third-order valence-electron chi connectivity index (χ3n) is 1.66. The minimum absolute atomic E-state index is 0.889. The molecule has 0 aliphatic heterocycles. The van der Waals surface area contributed by atoms with E-state index in [1.165, 1.54) is 0 Å². The lowest BCUT2D eigenvalue weighted by molar-refractivity contribution is 1.52. The van der Waals surface area contributed by atoms with Crippen molar-refractivity contribution in [2.75, 3.05) is 0 Å². The molecule has 0 aromatic heterocycles. The molecule has 1 rings (SSSR count). The van der Waals surface area contributed by atoms with Gasteiger partial charge >= 0.3 is 0 Å². The molecule has 0 saturated heterocycles. The molecule has 0 spiro atoms. The predicted molar refractivity (Wildman–Crippen MR) is 63.3 cm³/mol. The summed E-state index contributed by atoms with van der Waals surface area (Å²) < 4.78 is 0. The summed E-state index contributed by atoms with van der Waals surface area (Å²) in [6.45, 7) is 7.24. The van der Waals surface area contributed by atoms with Gasteiger partial charge in [-0.3, -0.25) is 4.99 Å². The molecule has 0 saturated carbocycles. The molecule has 0 radical (unpaired) electrons. The summed E-state index contributed by atoms with van der Waals surface area (Å²) in [5.74, 6) is 0. The van der Waals surface area contributed by atoms with Crippen molar-refractivity contribution < 1.29 is 0 Å². The van der Waals surface area contributed by atoms with Crippen LogP contribution in [0.25, 0.3) is 5.70 Å². The zero-order valence-corrected chi connectivity index (χ0v) is 8.06. The van der Waals surface area contributed by atoms with Crippen LogP contribution in [0, 0.1) is 0 Å². The Hall–Kier alpha value is -1.89. The van der Waals surface area contributed by atoms with Crippen LogP contribution in [0.2, 0.25) is 0 Å². The van der Waals surface area contributed by atoms with Gasteiger partial charge in [-0.05, 0) is 6.08 Å². The second kappa shape index (κ2) is 5.70. The predicted octanol–water partition coefficient (Wildman–Crippen LogP) is 3.47. The summed E-state index contributed by atoms with van der Waals surface area (Å²) in [6.07, 6.45) is 6.92. The highest BCUT2D eigenvalue weighted by Gasteiger charge is 1.94. The van der Waals surface area contributed by atoms with E-state index in [4.69, 9.17) is 0 Å². The highest BCUT2D eigenvalue weighted by Crippen LogP contribution is 2.14. The number of hydrogen-bond acceptors (Lipinski definition) is 1. The smallest absolute Gasteiger partial charge is 0.0701 e. The topological polar surface area (TPSA) is 12.4 Å². The molecular weight excluding hydrogens is 170 g/mol.